The number of carbonyl (C=O) groups excluding carboxylic acids is 1. The van der Waals surface area contributed by atoms with Gasteiger partial charge in [-0.25, -0.2) is 0 Å². The summed E-state index contributed by atoms with van der Waals surface area (Å²) in [6.07, 6.45) is 5.70. The third-order valence-corrected chi connectivity index (χ3v) is 4.81. The van der Waals surface area contributed by atoms with Gasteiger partial charge in [0.2, 0.25) is 5.91 Å². The number of nitriles is 1. The number of carbonyl (C=O) groups is 1. The minimum atomic E-state index is -0.646. The smallest absolute Gasteiger partial charge is 0.235 e. The summed E-state index contributed by atoms with van der Waals surface area (Å²) in [4.78, 5) is 14.3. The highest BCUT2D eigenvalue weighted by molar-refractivity contribution is 5.79. The van der Waals surface area contributed by atoms with Gasteiger partial charge in [-0.2, -0.15) is 5.26 Å². The quantitative estimate of drug-likeness (QED) is 0.806. The number of hydrogen-bond donors (Lipinski definition) is 2. The lowest BCUT2D eigenvalue weighted by Crippen LogP contribution is -2.54. The summed E-state index contributed by atoms with van der Waals surface area (Å²) in [5, 5.41) is 21.7. The van der Waals surface area contributed by atoms with Gasteiger partial charge < -0.3 is 10.4 Å². The van der Waals surface area contributed by atoms with Gasteiger partial charge in [-0.15, -0.1) is 0 Å². The monoisotopic (exact) mass is 279 g/mol. The maximum absolute atomic E-state index is 12.2. The van der Waals surface area contributed by atoms with Crippen LogP contribution >= 0.6 is 0 Å². The Morgan fingerprint density at radius 2 is 2.15 bits per heavy atom. The fourth-order valence-corrected chi connectivity index (χ4v) is 3.56. The number of nitrogens with zero attached hydrogens (tertiary/aromatic N) is 2. The van der Waals surface area contributed by atoms with Crippen LogP contribution in [0.2, 0.25) is 0 Å². The number of amides is 1. The Kier molecular flexibility index (Phi) is 5.00. The second-order valence-electron chi connectivity index (χ2n) is 6.29. The lowest BCUT2D eigenvalue weighted by molar-refractivity contribution is -0.125. The number of aliphatic hydroxyl groups is 1. The van der Waals surface area contributed by atoms with Crippen LogP contribution in [0, 0.1) is 17.2 Å². The average molecular weight is 279 g/mol. The highest BCUT2D eigenvalue weighted by Crippen LogP contribution is 2.29. The van der Waals surface area contributed by atoms with E-state index in [0.717, 1.165) is 45.1 Å². The minimum Gasteiger partial charge on any atom is -0.395 e. The van der Waals surface area contributed by atoms with Crippen molar-refractivity contribution in [1.29, 1.82) is 5.26 Å². The van der Waals surface area contributed by atoms with Crippen molar-refractivity contribution in [2.45, 2.75) is 57.0 Å². The van der Waals surface area contributed by atoms with Crippen molar-refractivity contribution < 1.29 is 9.90 Å². The van der Waals surface area contributed by atoms with E-state index >= 15 is 0 Å². The van der Waals surface area contributed by atoms with E-state index in [1.165, 1.54) is 0 Å². The van der Waals surface area contributed by atoms with Crippen LogP contribution in [0.1, 0.15) is 45.4 Å². The summed E-state index contributed by atoms with van der Waals surface area (Å²) < 4.78 is 0. The van der Waals surface area contributed by atoms with Gasteiger partial charge in [0.05, 0.1) is 19.2 Å². The molecule has 0 aromatic heterocycles. The summed E-state index contributed by atoms with van der Waals surface area (Å²) in [5.41, 5.74) is -0.646. The Balaban J connectivity index is 1.92. The highest BCUT2D eigenvalue weighted by atomic mass is 16.3. The molecule has 1 saturated carbocycles. The van der Waals surface area contributed by atoms with Crippen LogP contribution in [0.4, 0.5) is 0 Å². The molecule has 0 bridgehead atoms. The van der Waals surface area contributed by atoms with Crippen LogP contribution in [-0.2, 0) is 4.79 Å². The zero-order valence-electron chi connectivity index (χ0n) is 12.3. The van der Waals surface area contributed by atoms with Crippen molar-refractivity contribution in [1.82, 2.24) is 10.2 Å². The van der Waals surface area contributed by atoms with E-state index in [-0.39, 0.29) is 18.6 Å². The summed E-state index contributed by atoms with van der Waals surface area (Å²) in [5.74, 6) is 0.332. The fraction of sp³-hybridized carbons (Fsp3) is 0.867. The van der Waals surface area contributed by atoms with Gasteiger partial charge in [-0.05, 0) is 51.0 Å². The van der Waals surface area contributed by atoms with Crippen molar-refractivity contribution in [3.8, 4) is 6.07 Å². The van der Waals surface area contributed by atoms with Crippen molar-refractivity contribution >= 4 is 5.91 Å². The molecule has 0 spiro atoms. The molecule has 0 aromatic rings. The summed E-state index contributed by atoms with van der Waals surface area (Å²) in [7, 11) is 0. The largest absolute Gasteiger partial charge is 0.395 e. The Bertz CT molecular complexity index is 385. The van der Waals surface area contributed by atoms with Gasteiger partial charge in [0.1, 0.15) is 5.54 Å². The maximum Gasteiger partial charge on any atom is 0.235 e. The topological polar surface area (TPSA) is 76.4 Å². The summed E-state index contributed by atoms with van der Waals surface area (Å²) >= 11 is 0. The van der Waals surface area contributed by atoms with Crippen molar-refractivity contribution in [3.05, 3.63) is 0 Å². The number of hydrogen-bond acceptors (Lipinski definition) is 4. The van der Waals surface area contributed by atoms with E-state index in [1.54, 1.807) is 0 Å². The Hall–Kier alpha value is -1.12. The predicted octanol–water partition coefficient (Wildman–Crippen LogP) is 1.03. The van der Waals surface area contributed by atoms with E-state index in [1.807, 2.05) is 0 Å². The fourth-order valence-electron chi connectivity index (χ4n) is 3.56. The number of aliphatic hydroxyl groups excluding tert-OH is 1. The lowest BCUT2D eigenvalue weighted by atomic mass is 9.91. The minimum absolute atomic E-state index is 0.0658. The van der Waals surface area contributed by atoms with Gasteiger partial charge in [0, 0.05) is 6.04 Å². The molecule has 2 unspecified atom stereocenters. The SMILES string of the molecule is CC1CCCN(CC(=O)NC2(C#N)CCCC2)C1CO. The third-order valence-electron chi connectivity index (χ3n) is 4.81. The van der Waals surface area contributed by atoms with Crippen LogP contribution in [0.25, 0.3) is 0 Å². The molecule has 1 heterocycles. The molecule has 2 fully saturated rings. The first kappa shape index (κ1) is 15.3. The maximum atomic E-state index is 12.2. The molecule has 20 heavy (non-hydrogen) atoms. The first-order valence-corrected chi connectivity index (χ1v) is 7.67. The summed E-state index contributed by atoms with van der Waals surface area (Å²) in [6.45, 7) is 3.36. The highest BCUT2D eigenvalue weighted by Gasteiger charge is 2.36. The molecule has 2 aliphatic rings. The molecule has 1 aliphatic carbocycles. The van der Waals surface area contributed by atoms with Gasteiger partial charge in [0.15, 0.2) is 0 Å². The molecule has 2 atom stereocenters. The number of rotatable bonds is 4. The van der Waals surface area contributed by atoms with Gasteiger partial charge in [-0.3, -0.25) is 9.69 Å². The Morgan fingerprint density at radius 1 is 1.45 bits per heavy atom. The number of likely N-dealkylation sites (tertiary alicyclic amines) is 1. The predicted molar refractivity (Wildman–Crippen MR) is 75.8 cm³/mol. The molecule has 0 aromatic carbocycles. The second-order valence-corrected chi connectivity index (χ2v) is 6.29. The molecule has 1 aliphatic heterocycles. The van der Waals surface area contributed by atoms with Crippen LogP contribution in [-0.4, -0.2) is 47.2 Å². The molecule has 5 nitrogen and oxygen atoms in total. The molecular formula is C15H25N3O2. The molecule has 1 saturated heterocycles. The molecular weight excluding hydrogens is 254 g/mol. The van der Waals surface area contributed by atoms with Crippen LogP contribution < -0.4 is 5.32 Å². The van der Waals surface area contributed by atoms with Gasteiger partial charge >= 0.3 is 0 Å². The Morgan fingerprint density at radius 3 is 2.75 bits per heavy atom. The van der Waals surface area contributed by atoms with Crippen LogP contribution in [0.5, 0.6) is 0 Å². The molecule has 1 amide bonds. The van der Waals surface area contributed by atoms with E-state index in [4.69, 9.17) is 0 Å². The van der Waals surface area contributed by atoms with Crippen molar-refractivity contribution in [2.75, 3.05) is 19.7 Å². The number of nitrogens with one attached hydrogen (secondary N) is 1. The molecule has 2 N–H and O–H groups in total. The number of piperidine rings is 1. The van der Waals surface area contributed by atoms with E-state index in [9.17, 15) is 15.2 Å². The van der Waals surface area contributed by atoms with E-state index in [0.29, 0.717) is 12.5 Å². The van der Waals surface area contributed by atoms with E-state index < -0.39 is 5.54 Å². The Labute approximate surface area is 120 Å². The van der Waals surface area contributed by atoms with Crippen molar-refractivity contribution in [3.63, 3.8) is 0 Å². The van der Waals surface area contributed by atoms with Gasteiger partial charge in [-0.1, -0.05) is 6.92 Å². The first-order chi connectivity index (χ1) is 9.60. The molecule has 112 valence electrons. The van der Waals surface area contributed by atoms with Crippen molar-refractivity contribution in [2.24, 2.45) is 5.92 Å². The molecule has 0 radical (unpaired) electrons. The normalized spacial score (nSPS) is 29.9. The summed E-state index contributed by atoms with van der Waals surface area (Å²) in [6, 6.07) is 2.35. The van der Waals surface area contributed by atoms with Crippen LogP contribution in [0.15, 0.2) is 0 Å². The zero-order chi connectivity index (χ0) is 14.6. The van der Waals surface area contributed by atoms with E-state index in [2.05, 4.69) is 23.2 Å². The standard InChI is InChI=1S/C15H25N3O2/c1-12-5-4-8-18(13(12)10-19)9-14(20)17-15(11-16)6-2-3-7-15/h12-13,19H,2-10H2,1H3,(H,17,20). The molecule has 5 heteroatoms. The average Bonchev–Trinajstić information content (AvgIpc) is 2.88. The van der Waals surface area contributed by atoms with Crippen LogP contribution in [0.3, 0.4) is 0 Å². The lowest BCUT2D eigenvalue weighted by Gasteiger charge is -2.39. The second kappa shape index (κ2) is 6.55. The first-order valence-electron chi connectivity index (χ1n) is 7.67. The zero-order valence-corrected chi connectivity index (χ0v) is 12.3. The third kappa shape index (κ3) is 3.31. The van der Waals surface area contributed by atoms with Gasteiger partial charge in [0.25, 0.3) is 0 Å². The molecule has 2 rings (SSSR count).